The van der Waals surface area contributed by atoms with Gasteiger partial charge in [-0.2, -0.15) is 0 Å². The minimum absolute atomic E-state index is 0.0836. The number of nitrogens with zero attached hydrogens (tertiary/aromatic N) is 1. The molecule has 2 aromatic rings. The van der Waals surface area contributed by atoms with Crippen LogP contribution in [0.25, 0.3) is 11.5 Å². The van der Waals surface area contributed by atoms with Gasteiger partial charge in [0, 0.05) is 5.56 Å². The Morgan fingerprint density at radius 1 is 1.47 bits per heavy atom. The van der Waals surface area contributed by atoms with Crippen molar-refractivity contribution in [2.75, 3.05) is 7.11 Å². The zero-order chi connectivity index (χ0) is 13.8. The number of oxazole rings is 1. The Bertz CT molecular complexity index is 589. The Balaban J connectivity index is 2.44. The number of hydrogen-bond donors (Lipinski definition) is 1. The summed E-state index contributed by atoms with van der Waals surface area (Å²) in [4.78, 5) is 15.4. The number of aromatic nitrogens is 1. The maximum atomic E-state index is 11.1. The molecular formula is C14H15NO4. The molecule has 1 aromatic carbocycles. The molecule has 0 amide bonds. The predicted molar refractivity (Wildman–Crippen MR) is 69.4 cm³/mol. The van der Waals surface area contributed by atoms with E-state index in [1.807, 2.05) is 6.92 Å². The quantitative estimate of drug-likeness (QED) is 0.895. The molecule has 0 radical (unpaired) electrons. The Hall–Kier alpha value is -2.30. The maximum absolute atomic E-state index is 11.1. The second-order valence-electron chi connectivity index (χ2n) is 4.08. The fraction of sp³-hybridized carbons (Fsp3) is 0.286. The largest absolute Gasteiger partial charge is 0.497 e. The first-order valence-corrected chi connectivity index (χ1v) is 6.03. The van der Waals surface area contributed by atoms with Gasteiger partial charge in [0.25, 0.3) is 0 Å². The fourth-order valence-corrected chi connectivity index (χ4v) is 1.80. The molecule has 5 nitrogen and oxygen atoms in total. The summed E-state index contributed by atoms with van der Waals surface area (Å²) in [5, 5.41) is 9.09. The number of benzene rings is 1. The molecule has 0 spiro atoms. The van der Waals surface area contributed by atoms with Gasteiger partial charge in [-0.3, -0.25) is 0 Å². The second kappa shape index (κ2) is 5.56. The lowest BCUT2D eigenvalue weighted by atomic mass is 10.2. The number of carboxylic acid groups (broad SMARTS) is 1. The van der Waals surface area contributed by atoms with Crippen LogP contribution in [-0.4, -0.2) is 23.2 Å². The molecule has 0 aliphatic heterocycles. The van der Waals surface area contributed by atoms with Crippen molar-refractivity contribution in [2.24, 2.45) is 0 Å². The minimum Gasteiger partial charge on any atom is -0.497 e. The molecule has 0 atom stereocenters. The van der Waals surface area contributed by atoms with E-state index in [-0.39, 0.29) is 5.76 Å². The van der Waals surface area contributed by atoms with E-state index in [9.17, 15) is 4.79 Å². The monoisotopic (exact) mass is 261 g/mol. The van der Waals surface area contributed by atoms with Crippen molar-refractivity contribution in [3.05, 3.63) is 35.7 Å². The molecule has 19 heavy (non-hydrogen) atoms. The van der Waals surface area contributed by atoms with Gasteiger partial charge in [0.1, 0.15) is 5.75 Å². The molecule has 2 rings (SSSR count). The summed E-state index contributed by atoms with van der Waals surface area (Å²) in [7, 11) is 1.57. The number of aryl methyl sites for hydroxylation is 1. The zero-order valence-electron chi connectivity index (χ0n) is 10.8. The molecule has 0 unspecified atom stereocenters. The van der Waals surface area contributed by atoms with Crippen LogP contribution in [0, 0.1) is 0 Å². The first-order chi connectivity index (χ1) is 9.15. The summed E-state index contributed by atoms with van der Waals surface area (Å²) in [5.41, 5.74) is 1.18. The van der Waals surface area contributed by atoms with Gasteiger partial charge in [0.15, 0.2) is 0 Å². The van der Waals surface area contributed by atoms with E-state index in [1.54, 1.807) is 31.4 Å². The molecule has 1 aromatic heterocycles. The van der Waals surface area contributed by atoms with E-state index in [2.05, 4.69) is 4.98 Å². The second-order valence-corrected chi connectivity index (χ2v) is 4.08. The third-order valence-corrected chi connectivity index (χ3v) is 2.70. The molecule has 0 aliphatic carbocycles. The first kappa shape index (κ1) is 13.1. The Kier molecular flexibility index (Phi) is 3.85. The average Bonchev–Trinajstić information content (AvgIpc) is 2.83. The van der Waals surface area contributed by atoms with Crippen molar-refractivity contribution >= 4 is 5.97 Å². The van der Waals surface area contributed by atoms with E-state index >= 15 is 0 Å². The van der Waals surface area contributed by atoms with Gasteiger partial charge < -0.3 is 14.3 Å². The zero-order valence-corrected chi connectivity index (χ0v) is 10.8. The van der Waals surface area contributed by atoms with E-state index in [0.29, 0.717) is 29.3 Å². The van der Waals surface area contributed by atoms with Gasteiger partial charge >= 0.3 is 5.97 Å². The van der Waals surface area contributed by atoms with Crippen molar-refractivity contribution in [1.82, 2.24) is 4.98 Å². The summed E-state index contributed by atoms with van der Waals surface area (Å²) in [6, 6.07) is 7.17. The van der Waals surface area contributed by atoms with E-state index < -0.39 is 5.97 Å². The third-order valence-electron chi connectivity index (χ3n) is 2.70. The number of ether oxygens (including phenoxy) is 1. The summed E-state index contributed by atoms with van der Waals surface area (Å²) in [5.74, 6) is -0.200. The Morgan fingerprint density at radius 3 is 2.89 bits per heavy atom. The van der Waals surface area contributed by atoms with Crippen LogP contribution in [0.3, 0.4) is 0 Å². The highest BCUT2D eigenvalue weighted by atomic mass is 16.5. The molecule has 0 bridgehead atoms. The van der Waals surface area contributed by atoms with Crippen molar-refractivity contribution in [3.8, 4) is 17.2 Å². The van der Waals surface area contributed by atoms with Crippen molar-refractivity contribution in [1.29, 1.82) is 0 Å². The van der Waals surface area contributed by atoms with Crippen LogP contribution in [0.1, 0.15) is 29.6 Å². The molecule has 0 saturated carbocycles. The van der Waals surface area contributed by atoms with Gasteiger partial charge in [-0.05, 0) is 24.6 Å². The van der Waals surface area contributed by atoms with Crippen LogP contribution < -0.4 is 4.74 Å². The summed E-state index contributed by atoms with van der Waals surface area (Å²) in [6.45, 7) is 1.96. The van der Waals surface area contributed by atoms with Gasteiger partial charge in [-0.25, -0.2) is 9.78 Å². The van der Waals surface area contributed by atoms with E-state index in [0.717, 1.165) is 6.42 Å². The van der Waals surface area contributed by atoms with Crippen LogP contribution in [0.15, 0.2) is 28.7 Å². The molecule has 1 N–H and O–H groups in total. The Morgan fingerprint density at radius 2 is 2.26 bits per heavy atom. The highest BCUT2D eigenvalue weighted by Crippen LogP contribution is 2.26. The van der Waals surface area contributed by atoms with Gasteiger partial charge in [-0.1, -0.05) is 19.4 Å². The molecule has 0 fully saturated rings. The molecule has 0 saturated heterocycles. The van der Waals surface area contributed by atoms with E-state index in [1.165, 1.54) is 0 Å². The molecular weight excluding hydrogens is 246 g/mol. The van der Waals surface area contributed by atoms with Crippen LogP contribution in [0.4, 0.5) is 0 Å². The lowest BCUT2D eigenvalue weighted by molar-refractivity contribution is 0.0661. The highest BCUT2D eigenvalue weighted by Gasteiger charge is 2.19. The maximum Gasteiger partial charge on any atom is 0.373 e. The molecule has 100 valence electrons. The van der Waals surface area contributed by atoms with Gasteiger partial charge in [-0.15, -0.1) is 0 Å². The van der Waals surface area contributed by atoms with Gasteiger partial charge in [0.05, 0.1) is 12.8 Å². The van der Waals surface area contributed by atoms with Crippen LogP contribution in [-0.2, 0) is 6.42 Å². The van der Waals surface area contributed by atoms with E-state index in [4.69, 9.17) is 14.3 Å². The van der Waals surface area contributed by atoms with Crippen molar-refractivity contribution < 1.29 is 19.1 Å². The number of carbonyl (C=O) groups is 1. The normalized spacial score (nSPS) is 10.4. The van der Waals surface area contributed by atoms with Gasteiger partial charge in [0.2, 0.25) is 11.7 Å². The molecule has 5 heteroatoms. The summed E-state index contributed by atoms with van der Waals surface area (Å²) >= 11 is 0. The lowest BCUT2D eigenvalue weighted by Crippen LogP contribution is -1.99. The number of aromatic carboxylic acids is 1. The standard InChI is InChI=1S/C14H15NO4/c1-3-5-11-12(14(16)17)19-13(15-11)9-6-4-7-10(8-9)18-2/h4,6-8H,3,5H2,1-2H3,(H,16,17). The minimum atomic E-state index is -1.09. The number of hydrogen-bond acceptors (Lipinski definition) is 4. The number of methoxy groups -OCH3 is 1. The lowest BCUT2D eigenvalue weighted by Gasteiger charge is -2.00. The van der Waals surface area contributed by atoms with Crippen molar-refractivity contribution in [3.63, 3.8) is 0 Å². The van der Waals surface area contributed by atoms with Crippen LogP contribution >= 0.6 is 0 Å². The number of rotatable bonds is 5. The first-order valence-electron chi connectivity index (χ1n) is 6.03. The summed E-state index contributed by atoms with van der Waals surface area (Å²) in [6.07, 6.45) is 1.39. The van der Waals surface area contributed by atoms with Crippen LogP contribution in [0.2, 0.25) is 0 Å². The predicted octanol–water partition coefficient (Wildman–Crippen LogP) is 3.00. The topological polar surface area (TPSA) is 72.6 Å². The summed E-state index contributed by atoms with van der Waals surface area (Å²) < 4.78 is 10.5. The average molecular weight is 261 g/mol. The molecule has 1 heterocycles. The van der Waals surface area contributed by atoms with Crippen LogP contribution in [0.5, 0.6) is 5.75 Å². The molecule has 0 aliphatic rings. The highest BCUT2D eigenvalue weighted by molar-refractivity contribution is 5.86. The smallest absolute Gasteiger partial charge is 0.373 e. The van der Waals surface area contributed by atoms with Crippen molar-refractivity contribution in [2.45, 2.75) is 19.8 Å². The Labute approximate surface area is 110 Å². The number of carboxylic acids is 1. The fourth-order valence-electron chi connectivity index (χ4n) is 1.80. The third kappa shape index (κ3) is 2.76. The SMILES string of the molecule is CCCc1nc(-c2cccc(OC)c2)oc1C(=O)O.